The van der Waals surface area contributed by atoms with Gasteiger partial charge in [-0.15, -0.1) is 0 Å². The minimum absolute atomic E-state index is 0.0106. The molecule has 142 valence electrons. The molecule has 0 aromatic carbocycles. The highest BCUT2D eigenvalue weighted by molar-refractivity contribution is 6.24. The van der Waals surface area contributed by atoms with Gasteiger partial charge in [0, 0.05) is 31.6 Å². The van der Waals surface area contributed by atoms with E-state index >= 15 is 0 Å². The van der Waals surface area contributed by atoms with Gasteiger partial charge in [-0.05, 0) is 13.5 Å². The zero-order chi connectivity index (χ0) is 19.4. The summed E-state index contributed by atoms with van der Waals surface area (Å²) in [6, 6.07) is 1.66. The Hall–Kier alpha value is -3.27. The molecule has 1 amide bonds. The number of carbonyl (C=O) groups excluding carboxylic acids is 1. The van der Waals surface area contributed by atoms with Crippen LogP contribution in [0.5, 0.6) is 5.75 Å². The summed E-state index contributed by atoms with van der Waals surface area (Å²) in [5.74, 6) is -1.35. The van der Waals surface area contributed by atoms with Crippen LogP contribution in [0.3, 0.4) is 0 Å². The lowest BCUT2D eigenvalue weighted by atomic mass is 10.2. The number of aromatic nitrogens is 1. The van der Waals surface area contributed by atoms with E-state index in [0.29, 0.717) is 11.4 Å². The number of hydrogen-bond acceptors (Lipinski definition) is 7. The fourth-order valence-electron chi connectivity index (χ4n) is 2.77. The topological polar surface area (TPSA) is 129 Å². The van der Waals surface area contributed by atoms with Crippen LogP contribution in [0, 0.1) is 5.41 Å². The fraction of sp³-hybridized carbons (Fsp3) is 0.294. The number of carbonyl (C=O) groups is 1. The summed E-state index contributed by atoms with van der Waals surface area (Å²) in [5, 5.41) is 12.8. The number of halogens is 1. The largest absolute Gasteiger partial charge is 0.487 e. The molecule has 1 aromatic heterocycles. The first-order chi connectivity index (χ1) is 12.9. The first-order valence-corrected chi connectivity index (χ1v) is 8.29. The molecule has 1 saturated heterocycles. The predicted octanol–water partition coefficient (Wildman–Crippen LogP) is 0.735. The van der Waals surface area contributed by atoms with Gasteiger partial charge in [-0.1, -0.05) is 0 Å². The number of nitrogens with two attached hydrogens (primary N) is 1. The van der Waals surface area contributed by atoms with Crippen LogP contribution in [-0.4, -0.2) is 54.1 Å². The van der Waals surface area contributed by atoms with Crippen molar-refractivity contribution in [3.63, 3.8) is 0 Å². The van der Waals surface area contributed by atoms with Gasteiger partial charge >= 0.3 is 0 Å². The maximum absolute atomic E-state index is 13.1. The summed E-state index contributed by atoms with van der Waals surface area (Å²) >= 11 is 0. The third-order valence-corrected chi connectivity index (χ3v) is 4.07. The Balaban J connectivity index is 1.80. The second-order valence-corrected chi connectivity index (χ2v) is 6.19. The molecule has 27 heavy (non-hydrogen) atoms. The predicted molar refractivity (Wildman–Crippen MR) is 99.2 cm³/mol. The molecule has 0 bridgehead atoms. The molecular formula is C17H20FN7O2. The lowest BCUT2D eigenvalue weighted by Crippen LogP contribution is -2.30. The van der Waals surface area contributed by atoms with Crippen molar-refractivity contribution in [3.05, 3.63) is 41.9 Å². The van der Waals surface area contributed by atoms with E-state index in [1.807, 2.05) is 7.05 Å². The number of rotatable bonds is 5. The Morgan fingerprint density at radius 1 is 1.56 bits per heavy atom. The van der Waals surface area contributed by atoms with Crippen LogP contribution in [0.1, 0.15) is 6.42 Å². The zero-order valence-corrected chi connectivity index (χ0v) is 14.7. The maximum Gasteiger partial charge on any atom is 0.263 e. The molecule has 3 rings (SSSR count). The molecule has 1 atom stereocenters. The lowest BCUT2D eigenvalue weighted by Gasteiger charge is -2.18. The average Bonchev–Trinajstić information content (AvgIpc) is 3.03. The monoisotopic (exact) mass is 373 g/mol. The van der Waals surface area contributed by atoms with Gasteiger partial charge in [0.15, 0.2) is 5.83 Å². The SMILES string of the molecule is CN1CCC(Oc2ccncc2NC(=O)/C(C(=N)N)=C2\N=CC(F)=CN2)C1. The van der Waals surface area contributed by atoms with Crippen molar-refractivity contribution in [1.29, 1.82) is 5.41 Å². The molecule has 10 heteroatoms. The van der Waals surface area contributed by atoms with Gasteiger partial charge in [0.05, 0.1) is 12.4 Å². The number of nitrogens with one attached hydrogen (secondary N) is 3. The summed E-state index contributed by atoms with van der Waals surface area (Å²) in [5.41, 5.74) is 5.65. The van der Waals surface area contributed by atoms with Gasteiger partial charge in [-0.2, -0.15) is 0 Å². The van der Waals surface area contributed by atoms with Crippen LogP contribution >= 0.6 is 0 Å². The number of amides is 1. The van der Waals surface area contributed by atoms with Crippen molar-refractivity contribution in [2.75, 3.05) is 25.5 Å². The van der Waals surface area contributed by atoms with Crippen molar-refractivity contribution in [2.45, 2.75) is 12.5 Å². The van der Waals surface area contributed by atoms with Crippen molar-refractivity contribution >= 4 is 23.6 Å². The molecule has 0 aliphatic carbocycles. The van der Waals surface area contributed by atoms with Crippen LogP contribution in [-0.2, 0) is 4.79 Å². The van der Waals surface area contributed by atoms with Gasteiger partial charge in [-0.25, -0.2) is 9.38 Å². The number of anilines is 1. The number of nitrogens with zero attached hydrogens (tertiary/aromatic N) is 3. The number of likely N-dealkylation sites (tertiary alicyclic amines) is 1. The van der Waals surface area contributed by atoms with E-state index in [-0.39, 0.29) is 17.5 Å². The Morgan fingerprint density at radius 2 is 2.37 bits per heavy atom. The molecule has 1 fully saturated rings. The van der Waals surface area contributed by atoms with Gasteiger partial charge < -0.3 is 26.0 Å². The number of allylic oxidation sites excluding steroid dienone is 1. The summed E-state index contributed by atoms with van der Waals surface area (Å²) in [4.78, 5) is 22.6. The number of ether oxygens (including phenoxy) is 1. The van der Waals surface area contributed by atoms with Gasteiger partial charge in [0.25, 0.3) is 5.91 Å². The Kier molecular flexibility index (Phi) is 5.46. The number of hydrogen-bond donors (Lipinski definition) is 4. The normalized spacial score (nSPS) is 21.3. The summed E-state index contributed by atoms with van der Waals surface area (Å²) < 4.78 is 19.0. The molecule has 2 aliphatic heterocycles. The first-order valence-electron chi connectivity index (χ1n) is 8.29. The third kappa shape index (κ3) is 4.47. The second kappa shape index (κ2) is 7.96. The van der Waals surface area contributed by atoms with Crippen molar-refractivity contribution in [3.8, 4) is 5.75 Å². The van der Waals surface area contributed by atoms with Gasteiger partial charge in [0.1, 0.15) is 34.8 Å². The molecule has 0 saturated carbocycles. The molecule has 0 spiro atoms. The highest BCUT2D eigenvalue weighted by Gasteiger charge is 2.24. The maximum atomic E-state index is 13.1. The fourth-order valence-corrected chi connectivity index (χ4v) is 2.77. The summed E-state index contributed by atoms with van der Waals surface area (Å²) in [6.45, 7) is 1.72. The number of pyridine rings is 1. The number of likely N-dealkylation sites (N-methyl/N-ethyl adjacent to an activating group) is 1. The van der Waals surface area contributed by atoms with Crippen molar-refractivity contribution in [2.24, 2.45) is 10.7 Å². The van der Waals surface area contributed by atoms with E-state index in [1.165, 1.54) is 6.20 Å². The summed E-state index contributed by atoms with van der Waals surface area (Å²) in [6.07, 6.45) is 5.85. The van der Waals surface area contributed by atoms with E-state index in [2.05, 4.69) is 25.5 Å². The molecule has 1 unspecified atom stereocenters. The van der Waals surface area contributed by atoms with Gasteiger partial charge in [0.2, 0.25) is 0 Å². The quantitative estimate of drug-likeness (QED) is 0.342. The molecule has 5 N–H and O–H groups in total. The van der Waals surface area contributed by atoms with E-state index in [4.69, 9.17) is 15.9 Å². The Labute approximate surface area is 155 Å². The lowest BCUT2D eigenvalue weighted by molar-refractivity contribution is -0.112. The molecule has 0 radical (unpaired) electrons. The highest BCUT2D eigenvalue weighted by Crippen LogP contribution is 2.26. The second-order valence-electron chi connectivity index (χ2n) is 6.19. The van der Waals surface area contributed by atoms with Crippen LogP contribution in [0.15, 0.2) is 46.9 Å². The smallest absolute Gasteiger partial charge is 0.263 e. The molecule has 9 nitrogen and oxygen atoms in total. The Morgan fingerprint density at radius 3 is 3.00 bits per heavy atom. The van der Waals surface area contributed by atoms with Crippen LogP contribution in [0.25, 0.3) is 0 Å². The summed E-state index contributed by atoms with van der Waals surface area (Å²) in [7, 11) is 2.01. The van der Waals surface area contributed by atoms with Gasteiger partial charge in [-0.3, -0.25) is 15.2 Å². The molecule has 1 aromatic rings. The van der Waals surface area contributed by atoms with E-state index in [0.717, 1.165) is 31.9 Å². The highest BCUT2D eigenvalue weighted by atomic mass is 19.1. The minimum atomic E-state index is -0.681. The van der Waals surface area contributed by atoms with E-state index < -0.39 is 17.6 Å². The third-order valence-electron chi connectivity index (χ3n) is 4.07. The number of amidine groups is 1. The zero-order valence-electron chi connectivity index (χ0n) is 14.7. The van der Waals surface area contributed by atoms with Crippen LogP contribution < -0.4 is 21.1 Å². The molecule has 3 heterocycles. The van der Waals surface area contributed by atoms with Crippen molar-refractivity contribution < 1.29 is 13.9 Å². The standard InChI is InChI=1S/C17H20FN7O2/c1-25-5-3-11(9-25)27-13-2-4-21-8-12(13)24-17(26)14(15(19)20)16-22-6-10(18)7-23-16/h2,4,6-8,11,22H,3,5,9H2,1H3,(H3,19,20)(H,24,26)/b16-14-. The van der Waals surface area contributed by atoms with E-state index in [1.54, 1.807) is 12.3 Å². The van der Waals surface area contributed by atoms with E-state index in [9.17, 15) is 9.18 Å². The average molecular weight is 373 g/mol. The van der Waals surface area contributed by atoms with Crippen LogP contribution in [0.2, 0.25) is 0 Å². The molecule has 2 aliphatic rings. The molecular weight excluding hydrogens is 353 g/mol. The first kappa shape index (κ1) is 18.5. The minimum Gasteiger partial charge on any atom is -0.487 e. The van der Waals surface area contributed by atoms with Crippen molar-refractivity contribution in [1.82, 2.24) is 15.2 Å². The Bertz CT molecular complexity index is 849. The van der Waals surface area contributed by atoms with Crippen LogP contribution in [0.4, 0.5) is 10.1 Å². The number of aliphatic imine (C=N–C) groups is 1.